The number of aromatic amines is 1. The number of carbonyl (C=O) groups is 5. The molecule has 1 heterocycles. The molecule has 0 spiro atoms. The summed E-state index contributed by atoms with van der Waals surface area (Å²) in [7, 11) is 0. The molecule has 13 heteroatoms. The van der Waals surface area contributed by atoms with E-state index in [9.17, 15) is 24.0 Å². The summed E-state index contributed by atoms with van der Waals surface area (Å²) in [6.07, 6.45) is 9.07. The number of amides is 5. The van der Waals surface area contributed by atoms with Gasteiger partial charge in [-0.3, -0.25) is 34.4 Å². The normalized spacial score (nSPS) is 22.2. The van der Waals surface area contributed by atoms with Crippen LogP contribution < -0.4 is 26.9 Å². The highest BCUT2D eigenvalue weighted by atomic mass is 16.5. The summed E-state index contributed by atoms with van der Waals surface area (Å²) < 4.78 is 0. The third kappa shape index (κ3) is 7.08. The van der Waals surface area contributed by atoms with Crippen molar-refractivity contribution in [2.24, 2.45) is 23.2 Å². The number of carbonyl (C=O) groups excluding carboxylic acids is 5. The average molecular weight is 693 g/mol. The third-order valence-electron chi connectivity index (χ3n) is 10.9. The van der Waals surface area contributed by atoms with Crippen LogP contribution in [0.5, 0.6) is 0 Å². The number of H-pyrrole nitrogens is 1. The van der Waals surface area contributed by atoms with Crippen molar-refractivity contribution in [2.45, 2.75) is 44.4 Å². The Kier molecular flexibility index (Phi) is 9.32. The molecule has 0 saturated heterocycles. The van der Waals surface area contributed by atoms with Crippen LogP contribution in [0.3, 0.4) is 0 Å². The fraction of sp³-hybridized carbons (Fsp3) is 0.342. The monoisotopic (exact) mass is 692 g/mol. The van der Waals surface area contributed by atoms with Gasteiger partial charge in [0.1, 0.15) is 0 Å². The Bertz CT molecular complexity index is 1940. The number of fused-ring (bicyclic) bond motifs is 1. The summed E-state index contributed by atoms with van der Waals surface area (Å²) in [4.78, 5) is 69.0. The summed E-state index contributed by atoms with van der Waals surface area (Å²) in [5.41, 5.74) is 4.49. The van der Waals surface area contributed by atoms with Gasteiger partial charge in [-0.1, -0.05) is 30.3 Å². The second-order valence-electron chi connectivity index (χ2n) is 14.4. The van der Waals surface area contributed by atoms with Crippen molar-refractivity contribution in [1.82, 2.24) is 26.6 Å². The van der Waals surface area contributed by atoms with Crippen LogP contribution in [-0.2, 0) is 4.79 Å². The van der Waals surface area contributed by atoms with Crippen molar-refractivity contribution >= 4 is 46.1 Å². The predicted molar refractivity (Wildman–Crippen MR) is 186 cm³/mol. The van der Waals surface area contributed by atoms with E-state index in [0.717, 1.165) is 54.0 Å². The van der Waals surface area contributed by atoms with Gasteiger partial charge in [0.2, 0.25) is 5.91 Å². The van der Waals surface area contributed by atoms with Crippen molar-refractivity contribution in [1.29, 1.82) is 0 Å². The zero-order valence-corrected chi connectivity index (χ0v) is 27.8. The number of hydrogen-bond acceptors (Lipinski definition) is 7. The van der Waals surface area contributed by atoms with Crippen LogP contribution in [0, 0.1) is 23.2 Å². The molecule has 4 aliphatic rings. The maximum absolute atomic E-state index is 13.9. The largest absolute Gasteiger partial charge is 0.361 e. The predicted octanol–water partition coefficient (Wildman–Crippen LogP) is 4.50. The number of anilines is 1. The first kappa shape index (κ1) is 33.9. The Morgan fingerprint density at radius 3 is 1.92 bits per heavy atom. The molecule has 8 N–H and O–H groups in total. The van der Waals surface area contributed by atoms with Crippen molar-refractivity contribution in [3.8, 4) is 0 Å². The van der Waals surface area contributed by atoms with E-state index < -0.39 is 29.5 Å². The molecule has 1 unspecified atom stereocenters. The molecule has 4 bridgehead atoms. The Hall–Kier alpha value is -5.53. The maximum Gasteiger partial charge on any atom is 0.274 e. The van der Waals surface area contributed by atoms with Crippen LogP contribution in [0.1, 0.15) is 91.4 Å². The van der Waals surface area contributed by atoms with E-state index in [1.807, 2.05) is 6.07 Å². The van der Waals surface area contributed by atoms with Gasteiger partial charge in [0.25, 0.3) is 23.6 Å². The maximum atomic E-state index is 13.9. The molecule has 264 valence electrons. The Labute approximate surface area is 293 Å². The molecule has 0 radical (unpaired) electrons. The van der Waals surface area contributed by atoms with E-state index in [1.165, 1.54) is 42.4 Å². The van der Waals surface area contributed by atoms with Crippen molar-refractivity contribution < 1.29 is 34.4 Å². The fourth-order valence-corrected chi connectivity index (χ4v) is 9.00. The molecule has 5 amide bonds. The van der Waals surface area contributed by atoms with Crippen LogP contribution in [0.2, 0.25) is 0 Å². The van der Waals surface area contributed by atoms with E-state index in [2.05, 4.69) is 20.9 Å². The lowest BCUT2D eigenvalue weighted by Crippen LogP contribution is -2.51. The van der Waals surface area contributed by atoms with Gasteiger partial charge in [0.05, 0.1) is 17.0 Å². The minimum Gasteiger partial charge on any atom is -0.361 e. The summed E-state index contributed by atoms with van der Waals surface area (Å²) in [5, 5.41) is 27.8. The molecular formula is C38H40N6O7. The van der Waals surface area contributed by atoms with Gasteiger partial charge in [-0.2, -0.15) is 0 Å². The highest BCUT2D eigenvalue weighted by Crippen LogP contribution is 2.59. The van der Waals surface area contributed by atoms with Crippen molar-refractivity contribution in [2.75, 3.05) is 18.4 Å². The van der Waals surface area contributed by atoms with Crippen LogP contribution in [0.4, 0.5) is 5.69 Å². The molecule has 8 rings (SSSR count). The first-order valence-corrected chi connectivity index (χ1v) is 17.2. The second-order valence-corrected chi connectivity index (χ2v) is 14.4. The molecule has 1 atom stereocenters. The lowest BCUT2D eigenvalue weighted by Gasteiger charge is -2.56. The number of hydrogen-bond donors (Lipinski definition) is 8. The van der Waals surface area contributed by atoms with Gasteiger partial charge >= 0.3 is 0 Å². The minimum absolute atomic E-state index is 0.0304. The lowest BCUT2D eigenvalue weighted by molar-refractivity contribution is -0.117. The summed E-state index contributed by atoms with van der Waals surface area (Å²) in [6, 6.07) is 17.5. The zero-order chi connectivity index (χ0) is 35.7. The Morgan fingerprint density at radius 2 is 1.31 bits per heavy atom. The molecule has 4 aromatic rings. The van der Waals surface area contributed by atoms with Gasteiger partial charge in [0, 0.05) is 47.0 Å². The summed E-state index contributed by atoms with van der Waals surface area (Å²) in [5.74, 6) is -2.03. The zero-order valence-electron chi connectivity index (χ0n) is 27.8. The SMILES string of the molecule is O=C(NO)c1cc(NC(=O)C(CNC(=O)c2cc3cc[nH]c3cc2C(=O)NCC23CC4CC(CC(C4)C2)C3)c2ccccc2)cc(C(=O)NO)c1. The smallest absolute Gasteiger partial charge is 0.274 e. The summed E-state index contributed by atoms with van der Waals surface area (Å²) in [6.45, 7) is 0.424. The van der Waals surface area contributed by atoms with E-state index in [0.29, 0.717) is 12.1 Å². The molecular weight excluding hydrogens is 652 g/mol. The Balaban J connectivity index is 1.11. The van der Waals surface area contributed by atoms with Crippen LogP contribution in [0.15, 0.2) is 72.9 Å². The van der Waals surface area contributed by atoms with Crippen LogP contribution in [0.25, 0.3) is 10.9 Å². The molecule has 0 aliphatic heterocycles. The highest BCUT2D eigenvalue weighted by Gasteiger charge is 2.50. The van der Waals surface area contributed by atoms with Gasteiger partial charge in [0.15, 0.2) is 0 Å². The lowest BCUT2D eigenvalue weighted by atomic mass is 9.49. The summed E-state index contributed by atoms with van der Waals surface area (Å²) >= 11 is 0. The number of rotatable bonds is 11. The Morgan fingerprint density at radius 1 is 0.725 bits per heavy atom. The first-order chi connectivity index (χ1) is 24.6. The topological polar surface area (TPSA) is 202 Å². The molecule has 51 heavy (non-hydrogen) atoms. The van der Waals surface area contributed by atoms with Gasteiger partial charge < -0.3 is 20.9 Å². The number of nitrogens with one attached hydrogen (secondary N) is 6. The average Bonchev–Trinajstić information content (AvgIpc) is 3.60. The molecule has 3 aromatic carbocycles. The van der Waals surface area contributed by atoms with Gasteiger partial charge in [-0.05, 0) is 104 Å². The minimum atomic E-state index is -0.942. The van der Waals surface area contributed by atoms with E-state index in [1.54, 1.807) is 48.7 Å². The van der Waals surface area contributed by atoms with Crippen LogP contribution in [-0.4, -0.2) is 58.0 Å². The standard InChI is InChI=1S/C38H40N6O7/c45-33(43-50)26-11-27(34(46)44-51)13-28(12-26)42-37(49)31(24-4-2-1-3-5-24)19-40-35(47)29-14-25-6-7-39-32(25)15-30(29)36(48)41-20-38-16-21-8-22(17-38)10-23(9-21)18-38/h1-7,11-15,21-23,31,39,50-51H,8-10,16-20H2,(H,40,47)(H,41,48)(H,42,49)(H,43,45)(H,44,46). The molecule has 4 saturated carbocycles. The van der Waals surface area contributed by atoms with Gasteiger partial charge in [-0.25, -0.2) is 11.0 Å². The van der Waals surface area contributed by atoms with Gasteiger partial charge in [-0.15, -0.1) is 0 Å². The fourth-order valence-electron chi connectivity index (χ4n) is 9.00. The molecule has 13 nitrogen and oxygen atoms in total. The molecule has 1 aromatic heterocycles. The second kappa shape index (κ2) is 14.0. The quantitative estimate of drug-likeness (QED) is 0.0835. The number of aromatic nitrogens is 1. The number of benzene rings is 3. The van der Waals surface area contributed by atoms with E-state index in [4.69, 9.17) is 10.4 Å². The van der Waals surface area contributed by atoms with E-state index >= 15 is 0 Å². The number of hydroxylamine groups is 2. The molecule has 4 fully saturated rings. The molecule has 4 aliphatic carbocycles. The van der Waals surface area contributed by atoms with Crippen LogP contribution >= 0.6 is 0 Å². The third-order valence-corrected chi connectivity index (χ3v) is 10.9. The highest BCUT2D eigenvalue weighted by molar-refractivity contribution is 6.10. The van der Waals surface area contributed by atoms with Crippen molar-refractivity contribution in [3.63, 3.8) is 0 Å². The first-order valence-electron chi connectivity index (χ1n) is 17.2. The van der Waals surface area contributed by atoms with Crippen molar-refractivity contribution in [3.05, 3.63) is 101 Å². The van der Waals surface area contributed by atoms with E-state index in [-0.39, 0.29) is 45.8 Å².